The van der Waals surface area contributed by atoms with E-state index in [1.165, 1.54) is 12.3 Å². The summed E-state index contributed by atoms with van der Waals surface area (Å²) in [4.78, 5) is 25.6. The van der Waals surface area contributed by atoms with Crippen molar-refractivity contribution in [2.24, 2.45) is 0 Å². The van der Waals surface area contributed by atoms with Gasteiger partial charge in [0.1, 0.15) is 0 Å². The van der Waals surface area contributed by atoms with E-state index in [0.717, 1.165) is 11.1 Å². The Morgan fingerprint density at radius 1 is 1.30 bits per heavy atom. The van der Waals surface area contributed by atoms with E-state index in [0.29, 0.717) is 16.6 Å². The fourth-order valence-corrected chi connectivity index (χ4v) is 2.07. The first kappa shape index (κ1) is 14.5. The Morgan fingerprint density at radius 3 is 2.75 bits per heavy atom. The van der Waals surface area contributed by atoms with Crippen molar-refractivity contribution in [3.63, 3.8) is 0 Å². The molecule has 0 bridgehead atoms. The second-order valence-corrected chi connectivity index (χ2v) is 5.08. The second-order valence-electron chi connectivity index (χ2n) is 4.23. The van der Waals surface area contributed by atoms with Crippen LogP contribution in [-0.2, 0) is 13.2 Å². The van der Waals surface area contributed by atoms with Crippen molar-refractivity contribution in [1.82, 2.24) is 10.3 Å². The number of aromatic amines is 1. The highest BCUT2D eigenvalue weighted by molar-refractivity contribution is 9.10. The molecule has 0 unspecified atom stereocenters. The van der Waals surface area contributed by atoms with E-state index in [-0.39, 0.29) is 18.1 Å². The molecule has 2 rings (SSSR count). The van der Waals surface area contributed by atoms with Gasteiger partial charge in [-0.2, -0.15) is 0 Å². The van der Waals surface area contributed by atoms with E-state index in [2.05, 4.69) is 26.2 Å². The maximum absolute atomic E-state index is 11.9. The van der Waals surface area contributed by atoms with Crippen LogP contribution in [0, 0.1) is 0 Å². The number of amides is 1. The lowest BCUT2D eigenvalue weighted by Crippen LogP contribution is -2.24. The third-order valence-corrected chi connectivity index (χ3v) is 3.34. The van der Waals surface area contributed by atoms with Gasteiger partial charge in [-0.1, -0.05) is 24.3 Å². The summed E-state index contributed by atoms with van der Waals surface area (Å²) in [6, 6.07) is 8.79. The average Bonchev–Trinajstić information content (AvgIpc) is 2.47. The summed E-state index contributed by atoms with van der Waals surface area (Å²) in [5, 5.41) is 11.8. The number of pyridine rings is 1. The highest BCUT2D eigenvalue weighted by atomic mass is 79.9. The summed E-state index contributed by atoms with van der Waals surface area (Å²) >= 11 is 3.08. The summed E-state index contributed by atoms with van der Waals surface area (Å²) in [6.07, 6.45) is 1.37. The number of aromatic nitrogens is 1. The maximum atomic E-state index is 11.9. The molecule has 0 radical (unpaired) electrons. The third kappa shape index (κ3) is 3.55. The molecule has 0 fully saturated rings. The van der Waals surface area contributed by atoms with Gasteiger partial charge >= 0.3 is 0 Å². The zero-order valence-electron chi connectivity index (χ0n) is 10.5. The highest BCUT2D eigenvalue weighted by Crippen LogP contribution is 2.07. The van der Waals surface area contributed by atoms with Crippen LogP contribution in [0.15, 0.2) is 45.8 Å². The minimum atomic E-state index is -0.281. The van der Waals surface area contributed by atoms with Crippen LogP contribution in [0.5, 0.6) is 0 Å². The van der Waals surface area contributed by atoms with Gasteiger partial charge in [-0.15, -0.1) is 0 Å². The molecule has 0 aliphatic carbocycles. The number of hydrogen-bond donors (Lipinski definition) is 3. The zero-order chi connectivity index (χ0) is 14.5. The number of halogens is 1. The second kappa shape index (κ2) is 6.49. The normalized spacial score (nSPS) is 10.3. The largest absolute Gasteiger partial charge is 0.392 e. The number of aliphatic hydroxyl groups is 1. The van der Waals surface area contributed by atoms with Crippen molar-refractivity contribution in [2.75, 3.05) is 0 Å². The number of rotatable bonds is 4. The Hall–Kier alpha value is -1.92. The molecule has 1 aromatic carbocycles. The van der Waals surface area contributed by atoms with Crippen molar-refractivity contribution in [2.45, 2.75) is 13.2 Å². The van der Waals surface area contributed by atoms with Gasteiger partial charge in [-0.25, -0.2) is 0 Å². The highest BCUT2D eigenvalue weighted by Gasteiger charge is 2.07. The standard InChI is InChI=1S/C14H13BrN2O3/c15-12-5-11(7-17-14(12)20)13(19)16-6-9-2-1-3-10(4-9)8-18/h1-5,7,18H,6,8H2,(H,16,19)(H,17,20). The summed E-state index contributed by atoms with van der Waals surface area (Å²) in [7, 11) is 0. The lowest BCUT2D eigenvalue weighted by atomic mass is 10.1. The van der Waals surface area contributed by atoms with E-state index >= 15 is 0 Å². The first-order chi connectivity index (χ1) is 9.60. The molecule has 0 spiro atoms. The van der Waals surface area contributed by atoms with Crippen molar-refractivity contribution in [1.29, 1.82) is 0 Å². The molecule has 0 aliphatic rings. The Balaban J connectivity index is 2.04. The van der Waals surface area contributed by atoms with Crippen molar-refractivity contribution >= 4 is 21.8 Å². The molecule has 1 heterocycles. The smallest absolute Gasteiger partial charge is 0.262 e. The SMILES string of the molecule is O=C(NCc1cccc(CO)c1)c1c[nH]c(=O)c(Br)c1. The minimum Gasteiger partial charge on any atom is -0.392 e. The van der Waals surface area contributed by atoms with Gasteiger partial charge in [-0.3, -0.25) is 9.59 Å². The van der Waals surface area contributed by atoms with Crippen LogP contribution in [0.2, 0.25) is 0 Å². The molecule has 2 aromatic rings. The predicted octanol–water partition coefficient (Wildman–Crippen LogP) is 1.56. The van der Waals surface area contributed by atoms with Gasteiger partial charge in [-0.05, 0) is 33.1 Å². The third-order valence-electron chi connectivity index (χ3n) is 2.75. The molecule has 20 heavy (non-hydrogen) atoms. The van der Waals surface area contributed by atoms with Gasteiger partial charge in [0, 0.05) is 12.7 Å². The summed E-state index contributed by atoms with van der Waals surface area (Å²) < 4.78 is 0.312. The summed E-state index contributed by atoms with van der Waals surface area (Å²) in [6.45, 7) is 0.318. The minimum absolute atomic E-state index is 0.0331. The zero-order valence-corrected chi connectivity index (χ0v) is 12.1. The predicted molar refractivity (Wildman–Crippen MR) is 78.3 cm³/mol. The van der Waals surface area contributed by atoms with Crippen LogP contribution in [-0.4, -0.2) is 16.0 Å². The molecule has 0 aliphatic heterocycles. The van der Waals surface area contributed by atoms with Crippen molar-refractivity contribution in [3.05, 3.63) is 68.0 Å². The van der Waals surface area contributed by atoms with Crippen LogP contribution in [0.25, 0.3) is 0 Å². The quantitative estimate of drug-likeness (QED) is 0.792. The molecular weight excluding hydrogens is 324 g/mol. The number of nitrogens with one attached hydrogen (secondary N) is 2. The molecule has 0 saturated heterocycles. The molecule has 0 atom stereocenters. The number of aliphatic hydroxyl groups excluding tert-OH is 1. The first-order valence-corrected chi connectivity index (χ1v) is 6.74. The number of carbonyl (C=O) groups is 1. The van der Waals surface area contributed by atoms with Gasteiger partial charge in [0.15, 0.2) is 0 Å². The van der Waals surface area contributed by atoms with E-state index in [4.69, 9.17) is 5.11 Å². The number of carbonyl (C=O) groups excluding carboxylic acids is 1. The number of H-pyrrole nitrogens is 1. The van der Waals surface area contributed by atoms with E-state index in [1.807, 2.05) is 24.3 Å². The topological polar surface area (TPSA) is 82.2 Å². The van der Waals surface area contributed by atoms with Gasteiger partial charge in [0.05, 0.1) is 16.6 Å². The Bertz CT molecular complexity index is 682. The molecule has 1 aromatic heterocycles. The van der Waals surface area contributed by atoms with Gasteiger partial charge in [0.25, 0.3) is 11.5 Å². The Kier molecular flexibility index (Phi) is 4.70. The summed E-state index contributed by atoms with van der Waals surface area (Å²) in [5.41, 5.74) is 1.78. The van der Waals surface area contributed by atoms with E-state index < -0.39 is 0 Å². The lowest BCUT2D eigenvalue weighted by molar-refractivity contribution is 0.0950. The van der Waals surface area contributed by atoms with Gasteiger partial charge in [0.2, 0.25) is 0 Å². The van der Waals surface area contributed by atoms with Crippen LogP contribution in [0.3, 0.4) is 0 Å². The van der Waals surface area contributed by atoms with Crippen LogP contribution >= 0.6 is 15.9 Å². The fourth-order valence-electron chi connectivity index (χ4n) is 1.71. The van der Waals surface area contributed by atoms with Gasteiger partial charge < -0.3 is 15.4 Å². The molecule has 1 amide bonds. The Labute approximate surface area is 123 Å². The maximum Gasteiger partial charge on any atom is 0.262 e. The fraction of sp³-hybridized carbons (Fsp3) is 0.143. The van der Waals surface area contributed by atoms with Crippen LogP contribution < -0.4 is 10.9 Å². The molecular formula is C14H13BrN2O3. The Morgan fingerprint density at radius 2 is 2.05 bits per heavy atom. The molecule has 104 valence electrons. The van der Waals surface area contributed by atoms with Crippen molar-refractivity contribution < 1.29 is 9.90 Å². The molecule has 6 heteroatoms. The number of hydrogen-bond acceptors (Lipinski definition) is 3. The van der Waals surface area contributed by atoms with E-state index in [9.17, 15) is 9.59 Å². The monoisotopic (exact) mass is 336 g/mol. The summed E-state index contributed by atoms with van der Waals surface area (Å²) in [5.74, 6) is -0.281. The molecule has 0 saturated carbocycles. The molecule has 3 N–H and O–H groups in total. The van der Waals surface area contributed by atoms with Crippen LogP contribution in [0.1, 0.15) is 21.5 Å². The average molecular weight is 337 g/mol. The number of benzene rings is 1. The lowest BCUT2D eigenvalue weighted by Gasteiger charge is -2.06. The van der Waals surface area contributed by atoms with Crippen molar-refractivity contribution in [3.8, 4) is 0 Å². The first-order valence-electron chi connectivity index (χ1n) is 5.95. The molecule has 5 nitrogen and oxygen atoms in total. The van der Waals surface area contributed by atoms with E-state index in [1.54, 1.807) is 0 Å². The van der Waals surface area contributed by atoms with Crippen LogP contribution in [0.4, 0.5) is 0 Å².